The lowest BCUT2D eigenvalue weighted by Crippen LogP contribution is -2.50. The van der Waals surface area contributed by atoms with Gasteiger partial charge in [0.25, 0.3) is 5.91 Å². The van der Waals surface area contributed by atoms with Crippen LogP contribution in [-0.4, -0.2) is 62.5 Å². The van der Waals surface area contributed by atoms with Gasteiger partial charge in [-0.05, 0) is 30.3 Å². The molecule has 2 aromatic carbocycles. The maximum atomic E-state index is 12.7. The Morgan fingerprint density at radius 3 is 2.41 bits per heavy atom. The molecule has 0 unspecified atom stereocenters. The Bertz CT molecular complexity index is 991. The standard InChI is InChI=1S/C19H20BrClN4O3S/c20-16-5-7-17(8-6-16)29(27,28)25-11-9-24(10-12-25)14-19(26)23-22-13-15-3-1-2-4-18(15)21/h1-8,13H,9-12,14H2,(H,23,26). The number of carbonyl (C=O) groups is 1. The minimum atomic E-state index is -3.53. The van der Waals surface area contributed by atoms with E-state index in [1.54, 1.807) is 36.4 Å². The van der Waals surface area contributed by atoms with Crippen molar-refractivity contribution in [1.29, 1.82) is 0 Å². The van der Waals surface area contributed by atoms with Crippen molar-refractivity contribution < 1.29 is 13.2 Å². The predicted molar refractivity (Wildman–Crippen MR) is 117 cm³/mol. The van der Waals surface area contributed by atoms with Crippen molar-refractivity contribution in [3.8, 4) is 0 Å². The molecule has 154 valence electrons. The number of rotatable bonds is 6. The van der Waals surface area contributed by atoms with Gasteiger partial charge in [0.1, 0.15) is 0 Å². The molecular weight excluding hydrogens is 480 g/mol. The van der Waals surface area contributed by atoms with E-state index in [2.05, 4.69) is 26.5 Å². The SMILES string of the molecule is O=C(CN1CCN(S(=O)(=O)c2ccc(Br)cc2)CC1)NN=Cc1ccccc1Cl. The number of hydrogen-bond acceptors (Lipinski definition) is 5. The number of piperazine rings is 1. The van der Waals surface area contributed by atoms with Gasteiger partial charge in [-0.2, -0.15) is 9.41 Å². The van der Waals surface area contributed by atoms with E-state index in [1.807, 2.05) is 17.0 Å². The topological polar surface area (TPSA) is 82.1 Å². The highest BCUT2D eigenvalue weighted by Gasteiger charge is 2.28. The fraction of sp³-hybridized carbons (Fsp3) is 0.263. The Kier molecular flexibility index (Phi) is 7.42. The van der Waals surface area contributed by atoms with E-state index in [4.69, 9.17) is 11.6 Å². The molecule has 29 heavy (non-hydrogen) atoms. The van der Waals surface area contributed by atoms with Gasteiger partial charge in [0.15, 0.2) is 0 Å². The van der Waals surface area contributed by atoms with E-state index in [9.17, 15) is 13.2 Å². The van der Waals surface area contributed by atoms with Gasteiger partial charge in [-0.3, -0.25) is 9.69 Å². The molecule has 0 atom stereocenters. The van der Waals surface area contributed by atoms with Crippen molar-refractivity contribution in [2.24, 2.45) is 5.10 Å². The van der Waals surface area contributed by atoms with E-state index in [0.29, 0.717) is 36.8 Å². The van der Waals surface area contributed by atoms with Crippen molar-refractivity contribution in [2.75, 3.05) is 32.7 Å². The zero-order valence-corrected chi connectivity index (χ0v) is 18.6. The Hall–Kier alpha value is -1.78. The van der Waals surface area contributed by atoms with Crippen LogP contribution in [0.5, 0.6) is 0 Å². The summed E-state index contributed by atoms with van der Waals surface area (Å²) in [4.78, 5) is 14.2. The van der Waals surface area contributed by atoms with Crippen molar-refractivity contribution >= 4 is 49.7 Å². The highest BCUT2D eigenvalue weighted by Crippen LogP contribution is 2.20. The van der Waals surface area contributed by atoms with Gasteiger partial charge in [-0.1, -0.05) is 45.7 Å². The van der Waals surface area contributed by atoms with Crippen LogP contribution in [0.3, 0.4) is 0 Å². The second kappa shape index (κ2) is 9.82. The molecule has 2 aromatic rings. The summed E-state index contributed by atoms with van der Waals surface area (Å²) < 4.78 is 27.7. The van der Waals surface area contributed by atoms with Gasteiger partial charge in [0.2, 0.25) is 10.0 Å². The first kappa shape index (κ1) is 21.9. The van der Waals surface area contributed by atoms with Gasteiger partial charge in [-0.15, -0.1) is 0 Å². The molecule has 3 rings (SSSR count). The molecule has 1 fully saturated rings. The minimum absolute atomic E-state index is 0.145. The van der Waals surface area contributed by atoms with Crippen LogP contribution in [-0.2, 0) is 14.8 Å². The van der Waals surface area contributed by atoms with Crippen LogP contribution in [0.15, 0.2) is 63.0 Å². The molecule has 7 nitrogen and oxygen atoms in total. The molecule has 1 heterocycles. The van der Waals surface area contributed by atoms with Crippen molar-refractivity contribution in [1.82, 2.24) is 14.6 Å². The van der Waals surface area contributed by atoms with Gasteiger partial charge < -0.3 is 0 Å². The molecule has 1 saturated heterocycles. The Morgan fingerprint density at radius 1 is 1.10 bits per heavy atom. The zero-order chi connectivity index (χ0) is 20.9. The summed E-state index contributed by atoms with van der Waals surface area (Å²) >= 11 is 9.33. The third-order valence-electron chi connectivity index (χ3n) is 4.45. The van der Waals surface area contributed by atoms with E-state index >= 15 is 0 Å². The molecule has 0 saturated carbocycles. The lowest BCUT2D eigenvalue weighted by Gasteiger charge is -2.33. The van der Waals surface area contributed by atoms with Crippen molar-refractivity contribution in [3.63, 3.8) is 0 Å². The third kappa shape index (κ3) is 5.86. The highest BCUT2D eigenvalue weighted by molar-refractivity contribution is 9.10. The number of benzene rings is 2. The maximum absolute atomic E-state index is 12.7. The minimum Gasteiger partial charge on any atom is -0.292 e. The fourth-order valence-electron chi connectivity index (χ4n) is 2.88. The van der Waals surface area contributed by atoms with Crippen LogP contribution in [0.25, 0.3) is 0 Å². The molecule has 0 spiro atoms. The molecule has 1 amide bonds. The lowest BCUT2D eigenvalue weighted by atomic mass is 10.2. The molecular formula is C19H20BrClN4O3S. The maximum Gasteiger partial charge on any atom is 0.254 e. The summed E-state index contributed by atoms with van der Waals surface area (Å²) in [5.74, 6) is -0.266. The van der Waals surface area contributed by atoms with Gasteiger partial charge in [0, 0.05) is 41.2 Å². The molecule has 1 aliphatic heterocycles. The average Bonchev–Trinajstić information content (AvgIpc) is 2.70. The van der Waals surface area contributed by atoms with Crippen LogP contribution in [0.1, 0.15) is 5.56 Å². The third-order valence-corrected chi connectivity index (χ3v) is 7.23. The number of halogens is 2. The Morgan fingerprint density at radius 2 is 1.76 bits per heavy atom. The smallest absolute Gasteiger partial charge is 0.254 e. The number of nitrogens with one attached hydrogen (secondary N) is 1. The van der Waals surface area contributed by atoms with E-state index in [-0.39, 0.29) is 17.3 Å². The number of nitrogens with zero attached hydrogens (tertiary/aromatic N) is 3. The first-order valence-corrected chi connectivity index (χ1v) is 11.5. The second-order valence-corrected chi connectivity index (χ2v) is 9.71. The summed E-state index contributed by atoms with van der Waals surface area (Å²) in [6, 6.07) is 13.8. The van der Waals surface area contributed by atoms with Crippen LogP contribution < -0.4 is 5.43 Å². The molecule has 0 bridgehead atoms. The van der Waals surface area contributed by atoms with Gasteiger partial charge >= 0.3 is 0 Å². The molecule has 1 aliphatic rings. The van der Waals surface area contributed by atoms with E-state index in [1.165, 1.54) is 10.5 Å². The molecule has 0 aliphatic carbocycles. The van der Waals surface area contributed by atoms with E-state index in [0.717, 1.165) is 4.47 Å². The number of amides is 1. The summed E-state index contributed by atoms with van der Waals surface area (Å²) in [6.45, 7) is 1.74. The van der Waals surface area contributed by atoms with Crippen molar-refractivity contribution in [2.45, 2.75) is 4.90 Å². The van der Waals surface area contributed by atoms with E-state index < -0.39 is 10.0 Å². The first-order chi connectivity index (χ1) is 13.9. The molecule has 0 radical (unpaired) electrons. The van der Waals surface area contributed by atoms with Crippen LogP contribution in [0.4, 0.5) is 0 Å². The van der Waals surface area contributed by atoms with Crippen LogP contribution in [0.2, 0.25) is 5.02 Å². The van der Waals surface area contributed by atoms with Crippen LogP contribution in [0, 0.1) is 0 Å². The summed E-state index contributed by atoms with van der Waals surface area (Å²) in [5.41, 5.74) is 3.18. The van der Waals surface area contributed by atoms with Crippen LogP contribution >= 0.6 is 27.5 Å². The monoisotopic (exact) mass is 498 g/mol. The zero-order valence-electron chi connectivity index (χ0n) is 15.5. The van der Waals surface area contributed by atoms with Crippen molar-refractivity contribution in [3.05, 3.63) is 63.6 Å². The largest absolute Gasteiger partial charge is 0.292 e. The quantitative estimate of drug-likeness (QED) is 0.489. The first-order valence-electron chi connectivity index (χ1n) is 8.91. The number of hydrazone groups is 1. The molecule has 10 heteroatoms. The van der Waals surface area contributed by atoms with Gasteiger partial charge in [0.05, 0.1) is 17.7 Å². The molecule has 1 N–H and O–H groups in total. The second-order valence-electron chi connectivity index (χ2n) is 6.45. The predicted octanol–water partition coefficient (Wildman–Crippen LogP) is 2.56. The fourth-order valence-corrected chi connectivity index (χ4v) is 4.75. The Labute approximate surface area is 183 Å². The molecule has 0 aromatic heterocycles. The number of sulfonamides is 1. The summed E-state index contributed by atoms with van der Waals surface area (Å²) in [6.07, 6.45) is 1.49. The van der Waals surface area contributed by atoms with Gasteiger partial charge in [-0.25, -0.2) is 13.8 Å². The lowest BCUT2D eigenvalue weighted by molar-refractivity contribution is -0.122. The normalized spacial score (nSPS) is 16.2. The number of carbonyl (C=O) groups excluding carboxylic acids is 1. The summed E-state index contributed by atoms with van der Waals surface area (Å²) in [5, 5.41) is 4.47. The Balaban J connectivity index is 1.48. The average molecular weight is 500 g/mol. The highest BCUT2D eigenvalue weighted by atomic mass is 79.9. The number of hydrogen-bond donors (Lipinski definition) is 1. The summed E-state index contributed by atoms with van der Waals surface area (Å²) in [7, 11) is -3.53.